The maximum absolute atomic E-state index is 12.8. The number of phenols is 1. The molecule has 1 heterocycles. The average molecular weight is 508 g/mol. The molecule has 4 rings (SSSR count). The maximum Gasteiger partial charge on any atom is 0.269 e. The second-order valence-electron chi connectivity index (χ2n) is 7.15. The molecule has 1 unspecified atom stereocenters. The lowest BCUT2D eigenvalue weighted by Crippen LogP contribution is -2.33. The molecule has 3 aromatic carbocycles. The van der Waals surface area contributed by atoms with E-state index in [1.54, 1.807) is 54.7 Å². The van der Waals surface area contributed by atoms with Crippen LogP contribution in [0.1, 0.15) is 17.2 Å². The van der Waals surface area contributed by atoms with Gasteiger partial charge in [0, 0.05) is 33.8 Å². The number of benzene rings is 3. The summed E-state index contributed by atoms with van der Waals surface area (Å²) in [6.07, 6.45) is 1.55. The number of nitrogens with zero attached hydrogens (tertiary/aromatic N) is 2. The summed E-state index contributed by atoms with van der Waals surface area (Å²) in [4.78, 5) is 27.8. The molecule has 9 heteroatoms. The molecule has 0 spiro atoms. The lowest BCUT2D eigenvalue weighted by atomic mass is 9.95. The minimum atomic E-state index is -0.889. The third-order valence-corrected chi connectivity index (χ3v) is 5.64. The summed E-state index contributed by atoms with van der Waals surface area (Å²) in [6.45, 7) is -0.275. The van der Waals surface area contributed by atoms with Crippen LogP contribution >= 0.6 is 15.9 Å². The Hall–Kier alpha value is -3.98. The summed E-state index contributed by atoms with van der Waals surface area (Å²) >= 11 is 3.49. The smallest absolute Gasteiger partial charge is 0.269 e. The molecule has 33 heavy (non-hydrogen) atoms. The molecule has 0 radical (unpaired) electrons. The number of hydrogen-bond acceptors (Lipinski definition) is 6. The molecule has 0 fully saturated rings. The van der Waals surface area contributed by atoms with Crippen molar-refractivity contribution >= 4 is 38.4 Å². The van der Waals surface area contributed by atoms with Crippen LogP contribution in [0.2, 0.25) is 0 Å². The van der Waals surface area contributed by atoms with Gasteiger partial charge in [0.2, 0.25) is 0 Å². The quantitative estimate of drug-likeness (QED) is 0.271. The Balaban J connectivity index is 1.73. The number of halogens is 1. The van der Waals surface area contributed by atoms with Gasteiger partial charge >= 0.3 is 0 Å². The van der Waals surface area contributed by atoms with Crippen LogP contribution in [0, 0.1) is 10.1 Å². The normalized spacial score (nSPS) is 11.7. The zero-order chi connectivity index (χ0) is 23.4. The van der Waals surface area contributed by atoms with E-state index in [0.717, 1.165) is 0 Å². The van der Waals surface area contributed by atoms with Gasteiger partial charge in [-0.05, 0) is 29.8 Å². The number of fused-ring (bicyclic) bond motifs is 1. The van der Waals surface area contributed by atoms with E-state index < -0.39 is 16.9 Å². The number of carbonyl (C=O) groups excluding carboxylic acids is 1. The summed E-state index contributed by atoms with van der Waals surface area (Å²) in [7, 11) is 0. The summed E-state index contributed by atoms with van der Waals surface area (Å²) in [5.74, 6) is -0.0679. The summed E-state index contributed by atoms with van der Waals surface area (Å²) < 4.78 is 6.18. The molecular weight excluding hydrogens is 490 g/mol. The van der Waals surface area contributed by atoms with Gasteiger partial charge in [-0.25, -0.2) is 0 Å². The Labute approximate surface area is 197 Å². The maximum atomic E-state index is 12.8. The van der Waals surface area contributed by atoms with Crippen LogP contribution in [0.15, 0.2) is 83.5 Å². The fourth-order valence-electron chi connectivity index (χ4n) is 3.45. The summed E-state index contributed by atoms with van der Waals surface area (Å²) in [6, 6.07) is 19.1. The molecule has 1 aromatic heterocycles. The Kier molecular flexibility index (Phi) is 6.50. The fourth-order valence-corrected chi connectivity index (χ4v) is 4.02. The van der Waals surface area contributed by atoms with Gasteiger partial charge in [0.15, 0.2) is 6.61 Å². The van der Waals surface area contributed by atoms with E-state index in [4.69, 9.17) is 4.74 Å². The number of carbonyl (C=O) groups is 1. The number of phenolic OH excluding ortho intramolecular Hbond substituents is 1. The molecular formula is C24H18BrN3O5. The van der Waals surface area contributed by atoms with Crippen molar-refractivity contribution in [3.63, 3.8) is 0 Å². The fraction of sp³-hybridized carbons (Fsp3) is 0.0833. The third kappa shape index (κ3) is 4.93. The van der Waals surface area contributed by atoms with Crippen LogP contribution in [0.25, 0.3) is 10.9 Å². The topological polar surface area (TPSA) is 115 Å². The zero-order valence-electron chi connectivity index (χ0n) is 17.1. The second-order valence-corrected chi connectivity index (χ2v) is 8.00. The van der Waals surface area contributed by atoms with Crippen molar-refractivity contribution in [2.24, 2.45) is 0 Å². The first-order chi connectivity index (χ1) is 15.9. The van der Waals surface area contributed by atoms with E-state index in [0.29, 0.717) is 32.3 Å². The predicted molar refractivity (Wildman–Crippen MR) is 126 cm³/mol. The molecule has 0 aliphatic heterocycles. The highest BCUT2D eigenvalue weighted by molar-refractivity contribution is 9.10. The number of aromatic nitrogens is 1. The van der Waals surface area contributed by atoms with Crippen molar-refractivity contribution in [2.45, 2.75) is 6.04 Å². The SMILES string of the molecule is O=C(COc1ccccc1)NC(c1cccc([N+](=O)[O-])c1)c1cc(Br)c2cccnc2c1O. The van der Waals surface area contributed by atoms with Gasteiger partial charge in [-0.1, -0.05) is 52.3 Å². The monoisotopic (exact) mass is 507 g/mol. The highest BCUT2D eigenvalue weighted by Gasteiger charge is 2.25. The Morgan fingerprint density at radius 3 is 2.67 bits per heavy atom. The predicted octanol–water partition coefficient (Wildman–Crippen LogP) is 4.90. The molecule has 1 atom stereocenters. The van der Waals surface area contributed by atoms with Crippen LogP contribution in [0.4, 0.5) is 5.69 Å². The van der Waals surface area contributed by atoms with Crippen molar-refractivity contribution in [3.8, 4) is 11.5 Å². The van der Waals surface area contributed by atoms with Crippen LogP contribution < -0.4 is 10.1 Å². The number of hydrogen-bond donors (Lipinski definition) is 2. The summed E-state index contributed by atoms with van der Waals surface area (Å²) in [5, 5.41) is 25.8. The summed E-state index contributed by atoms with van der Waals surface area (Å²) in [5.41, 5.74) is 0.966. The molecule has 8 nitrogen and oxygen atoms in total. The lowest BCUT2D eigenvalue weighted by Gasteiger charge is -2.22. The largest absolute Gasteiger partial charge is 0.505 e. The highest BCUT2D eigenvalue weighted by atomic mass is 79.9. The molecule has 0 aliphatic carbocycles. The number of nitro benzene ring substituents is 1. The number of non-ortho nitro benzene ring substituents is 1. The Bertz CT molecular complexity index is 1330. The number of ether oxygens (including phenoxy) is 1. The van der Waals surface area contributed by atoms with E-state index in [2.05, 4.69) is 26.2 Å². The van der Waals surface area contributed by atoms with Gasteiger partial charge in [0.1, 0.15) is 17.0 Å². The van der Waals surface area contributed by atoms with E-state index in [-0.39, 0.29) is 18.0 Å². The van der Waals surface area contributed by atoms with Crippen LogP contribution in [-0.4, -0.2) is 27.5 Å². The molecule has 4 aromatic rings. The number of amides is 1. The molecule has 1 amide bonds. The Morgan fingerprint density at radius 2 is 1.91 bits per heavy atom. The number of nitrogens with one attached hydrogen (secondary N) is 1. The van der Waals surface area contributed by atoms with Crippen molar-refractivity contribution in [1.82, 2.24) is 10.3 Å². The first-order valence-electron chi connectivity index (χ1n) is 9.91. The third-order valence-electron chi connectivity index (χ3n) is 4.99. The second kappa shape index (κ2) is 9.66. The number of pyridine rings is 1. The number of para-hydroxylation sites is 1. The standard InChI is InChI=1S/C24H18BrN3O5/c25-20-13-19(24(30)23-18(20)10-5-11-26-23)22(15-6-4-7-16(12-15)28(31)32)27-21(29)14-33-17-8-2-1-3-9-17/h1-13,22,30H,14H2,(H,27,29). The van der Waals surface area contributed by atoms with E-state index >= 15 is 0 Å². The van der Waals surface area contributed by atoms with Gasteiger partial charge in [-0.15, -0.1) is 0 Å². The van der Waals surface area contributed by atoms with Crippen LogP contribution in [-0.2, 0) is 4.79 Å². The zero-order valence-corrected chi connectivity index (χ0v) is 18.7. The first kappa shape index (κ1) is 22.2. The first-order valence-corrected chi connectivity index (χ1v) is 10.7. The van der Waals surface area contributed by atoms with E-state index in [9.17, 15) is 20.0 Å². The molecule has 0 aliphatic rings. The van der Waals surface area contributed by atoms with Gasteiger partial charge in [0.05, 0.1) is 11.0 Å². The van der Waals surface area contributed by atoms with Crippen molar-refractivity contribution < 1.29 is 19.6 Å². The van der Waals surface area contributed by atoms with E-state index in [1.165, 1.54) is 18.2 Å². The molecule has 0 saturated heterocycles. The van der Waals surface area contributed by atoms with Gasteiger partial charge in [-0.3, -0.25) is 19.9 Å². The molecule has 166 valence electrons. The van der Waals surface area contributed by atoms with Crippen LogP contribution in [0.5, 0.6) is 11.5 Å². The van der Waals surface area contributed by atoms with Crippen molar-refractivity contribution in [1.29, 1.82) is 0 Å². The van der Waals surface area contributed by atoms with Gasteiger partial charge in [-0.2, -0.15) is 0 Å². The van der Waals surface area contributed by atoms with Gasteiger partial charge in [0.25, 0.3) is 11.6 Å². The van der Waals surface area contributed by atoms with E-state index in [1.807, 2.05) is 6.07 Å². The van der Waals surface area contributed by atoms with Crippen molar-refractivity contribution in [3.05, 3.63) is 105 Å². The Morgan fingerprint density at radius 1 is 1.12 bits per heavy atom. The molecule has 0 saturated carbocycles. The van der Waals surface area contributed by atoms with Crippen LogP contribution in [0.3, 0.4) is 0 Å². The minimum absolute atomic E-state index is 0.130. The number of rotatable bonds is 7. The average Bonchev–Trinajstić information content (AvgIpc) is 2.84. The highest BCUT2D eigenvalue weighted by Crippen LogP contribution is 2.39. The minimum Gasteiger partial charge on any atom is -0.505 e. The number of aromatic hydroxyl groups is 1. The van der Waals surface area contributed by atoms with Gasteiger partial charge < -0.3 is 15.2 Å². The molecule has 2 N–H and O–H groups in total. The number of nitro groups is 1. The lowest BCUT2D eigenvalue weighted by molar-refractivity contribution is -0.384. The van der Waals surface area contributed by atoms with Crippen molar-refractivity contribution in [2.75, 3.05) is 6.61 Å². The molecule has 0 bridgehead atoms.